The molecular weight excluding hydrogens is 617 g/mol. The molecule has 0 saturated carbocycles. The predicted octanol–water partition coefficient (Wildman–Crippen LogP) is 8.86. The molecule has 0 unspecified atom stereocenters. The van der Waals surface area contributed by atoms with E-state index in [1.807, 2.05) is 97.1 Å². The Balaban J connectivity index is 1.49. The number of ether oxygens (including phenoxy) is 2. The number of carbonyl (C=O) groups is 2. The van der Waals surface area contributed by atoms with Crippen molar-refractivity contribution in [2.45, 2.75) is 84.0 Å². The van der Waals surface area contributed by atoms with Gasteiger partial charge in [0.05, 0.1) is 17.4 Å². The summed E-state index contributed by atoms with van der Waals surface area (Å²) in [6.45, 7) is 16.6. The summed E-state index contributed by atoms with van der Waals surface area (Å²) < 4.78 is 18.7. The number of esters is 1. The molecule has 0 aromatic heterocycles. The first-order valence-corrected chi connectivity index (χ1v) is 19.4. The summed E-state index contributed by atoms with van der Waals surface area (Å²) in [6, 6.07) is 33.1. The topological polar surface area (TPSA) is 85.9 Å². The number of hydrogen-bond donors (Lipinski definition) is 2. The van der Waals surface area contributed by atoms with Crippen LogP contribution in [0, 0.1) is 0 Å². The Morgan fingerprint density at radius 1 is 0.792 bits per heavy atom. The molecule has 48 heavy (non-hydrogen) atoms. The Bertz CT molecular complexity index is 1630. The van der Waals surface area contributed by atoms with E-state index < -0.39 is 8.32 Å². The lowest BCUT2D eigenvalue weighted by atomic mass is 9.93. The van der Waals surface area contributed by atoms with E-state index in [0.717, 1.165) is 22.3 Å². The molecule has 4 rings (SSSR count). The highest BCUT2D eigenvalue weighted by Crippen LogP contribution is 2.40. The van der Waals surface area contributed by atoms with Crippen molar-refractivity contribution in [1.29, 1.82) is 0 Å². The monoisotopic (exact) mass is 666 g/mol. The average molecular weight is 667 g/mol. The van der Waals surface area contributed by atoms with Crippen molar-refractivity contribution in [3.05, 3.63) is 131 Å². The molecule has 0 radical (unpaired) electrons. The van der Waals surface area contributed by atoms with E-state index in [9.17, 15) is 9.59 Å². The standard InChI is InChI=1S/C40H50N2O5Si/c1-39(2,3)48(6,7)47-37(33-21-22-36(35(24-33)41-29-43)45-27-30-15-10-8-11-16-30)26-42-40(4,5)25-32-19-14-20-34(23-32)38(44)46-28-31-17-12-9-13-18-31/h8-24,29,37,42H,25-28H2,1-7H3,(H,41,43)/t37-/m1/s1. The van der Waals surface area contributed by atoms with E-state index in [0.29, 0.717) is 43.0 Å². The van der Waals surface area contributed by atoms with Gasteiger partial charge in [-0.1, -0.05) is 99.6 Å². The molecule has 0 aliphatic carbocycles. The number of carbonyl (C=O) groups excluding carboxylic acids is 2. The highest BCUT2D eigenvalue weighted by Gasteiger charge is 2.40. The van der Waals surface area contributed by atoms with Crippen LogP contribution in [0.15, 0.2) is 103 Å². The summed E-state index contributed by atoms with van der Waals surface area (Å²) in [6.07, 6.45) is 1.08. The third kappa shape index (κ3) is 10.6. The Kier molecular flexibility index (Phi) is 12.4. The summed E-state index contributed by atoms with van der Waals surface area (Å²) in [5.74, 6) is 0.251. The Hall–Kier alpha value is -4.24. The number of benzene rings is 4. The van der Waals surface area contributed by atoms with Crippen molar-refractivity contribution in [3.8, 4) is 5.75 Å². The van der Waals surface area contributed by atoms with Crippen LogP contribution in [0.5, 0.6) is 5.75 Å². The van der Waals surface area contributed by atoms with Crippen LogP contribution in [0.1, 0.15) is 73.3 Å². The first-order chi connectivity index (χ1) is 22.8. The molecule has 1 atom stereocenters. The highest BCUT2D eigenvalue weighted by molar-refractivity contribution is 6.74. The molecule has 4 aromatic carbocycles. The molecular formula is C40H50N2O5Si. The van der Waals surface area contributed by atoms with Crippen molar-refractivity contribution >= 4 is 26.4 Å². The lowest BCUT2D eigenvalue weighted by molar-refractivity contribution is -0.105. The number of anilines is 1. The summed E-state index contributed by atoms with van der Waals surface area (Å²) >= 11 is 0. The van der Waals surface area contributed by atoms with E-state index in [1.54, 1.807) is 6.07 Å². The molecule has 7 nitrogen and oxygen atoms in total. The van der Waals surface area contributed by atoms with Gasteiger partial charge in [0.25, 0.3) is 0 Å². The maximum Gasteiger partial charge on any atom is 0.338 e. The third-order valence-electron chi connectivity index (χ3n) is 8.86. The van der Waals surface area contributed by atoms with Gasteiger partial charge >= 0.3 is 5.97 Å². The summed E-state index contributed by atoms with van der Waals surface area (Å²) in [4.78, 5) is 24.5. The van der Waals surface area contributed by atoms with Gasteiger partial charge in [-0.15, -0.1) is 0 Å². The Morgan fingerprint density at radius 3 is 2.04 bits per heavy atom. The first-order valence-electron chi connectivity index (χ1n) is 16.5. The molecule has 1 amide bonds. The molecule has 0 spiro atoms. The fraction of sp³-hybridized carbons (Fsp3) is 0.350. The molecule has 2 N–H and O–H groups in total. The number of amides is 1. The molecule has 0 fully saturated rings. The van der Waals surface area contributed by atoms with Crippen molar-refractivity contribution in [2.75, 3.05) is 11.9 Å². The third-order valence-corrected chi connectivity index (χ3v) is 13.3. The van der Waals surface area contributed by atoms with Crippen LogP contribution in [-0.4, -0.2) is 32.8 Å². The minimum absolute atomic E-state index is 0.00105. The number of nitrogens with one attached hydrogen (secondary N) is 2. The van der Waals surface area contributed by atoms with Gasteiger partial charge < -0.3 is 24.5 Å². The molecule has 254 valence electrons. The molecule has 8 heteroatoms. The maximum absolute atomic E-state index is 12.8. The fourth-order valence-electron chi connectivity index (χ4n) is 5.10. The van der Waals surface area contributed by atoms with Gasteiger partial charge in [0, 0.05) is 12.1 Å². The van der Waals surface area contributed by atoms with Gasteiger partial charge in [-0.3, -0.25) is 4.79 Å². The van der Waals surface area contributed by atoms with Crippen LogP contribution in [0.2, 0.25) is 18.1 Å². The molecule has 0 heterocycles. The highest BCUT2D eigenvalue weighted by atomic mass is 28.4. The Labute approximate surface area is 287 Å². The largest absolute Gasteiger partial charge is 0.487 e. The molecule has 0 aliphatic rings. The lowest BCUT2D eigenvalue weighted by Gasteiger charge is -2.40. The molecule has 0 aliphatic heterocycles. The average Bonchev–Trinajstić information content (AvgIpc) is 3.05. The molecule has 0 bridgehead atoms. The zero-order chi connectivity index (χ0) is 34.8. The minimum Gasteiger partial charge on any atom is -0.487 e. The quantitative estimate of drug-likeness (QED) is 0.0706. The molecule has 4 aromatic rings. The fourth-order valence-corrected chi connectivity index (χ4v) is 6.39. The van der Waals surface area contributed by atoms with E-state index in [-0.39, 0.29) is 29.3 Å². The Morgan fingerprint density at radius 2 is 1.42 bits per heavy atom. The van der Waals surface area contributed by atoms with E-state index >= 15 is 0 Å². The zero-order valence-electron chi connectivity index (χ0n) is 29.3. The van der Waals surface area contributed by atoms with Crippen molar-refractivity contribution in [3.63, 3.8) is 0 Å². The van der Waals surface area contributed by atoms with Gasteiger partial charge in [0.1, 0.15) is 19.0 Å². The summed E-state index contributed by atoms with van der Waals surface area (Å²) in [7, 11) is -2.20. The second-order valence-corrected chi connectivity index (χ2v) is 19.1. The first kappa shape index (κ1) is 36.6. The van der Waals surface area contributed by atoms with Crippen LogP contribution >= 0.6 is 0 Å². The van der Waals surface area contributed by atoms with E-state index in [4.69, 9.17) is 13.9 Å². The van der Waals surface area contributed by atoms with Crippen LogP contribution in [0.25, 0.3) is 0 Å². The van der Waals surface area contributed by atoms with Crippen LogP contribution in [0.3, 0.4) is 0 Å². The van der Waals surface area contributed by atoms with Crippen molar-refractivity contribution < 1.29 is 23.5 Å². The normalized spacial score (nSPS) is 12.6. The van der Waals surface area contributed by atoms with E-state index in [1.165, 1.54) is 0 Å². The maximum atomic E-state index is 12.8. The number of rotatable bonds is 16. The van der Waals surface area contributed by atoms with Crippen LogP contribution in [-0.2, 0) is 33.6 Å². The van der Waals surface area contributed by atoms with Crippen LogP contribution < -0.4 is 15.4 Å². The van der Waals surface area contributed by atoms with E-state index in [2.05, 4.69) is 58.3 Å². The summed E-state index contributed by atoms with van der Waals surface area (Å²) in [5.41, 5.74) is 4.76. The summed E-state index contributed by atoms with van der Waals surface area (Å²) in [5, 5.41) is 6.58. The zero-order valence-corrected chi connectivity index (χ0v) is 30.3. The van der Waals surface area contributed by atoms with Crippen LogP contribution in [0.4, 0.5) is 5.69 Å². The van der Waals surface area contributed by atoms with Gasteiger partial charge in [-0.05, 0) is 84.9 Å². The molecule has 0 saturated heterocycles. The SMILES string of the molecule is CC(C)(Cc1cccc(C(=O)OCc2ccccc2)c1)NC[C@@H](O[Si](C)(C)C(C)(C)C)c1ccc(OCc2ccccc2)c(NC=O)c1. The predicted molar refractivity (Wildman–Crippen MR) is 196 cm³/mol. The van der Waals surface area contributed by atoms with Crippen molar-refractivity contribution in [2.24, 2.45) is 0 Å². The second-order valence-electron chi connectivity index (χ2n) is 14.4. The van der Waals surface area contributed by atoms with Crippen molar-refractivity contribution in [1.82, 2.24) is 5.32 Å². The number of hydrogen-bond acceptors (Lipinski definition) is 6. The van der Waals surface area contributed by atoms with Gasteiger partial charge in [0.15, 0.2) is 8.32 Å². The minimum atomic E-state index is -2.20. The van der Waals surface area contributed by atoms with Gasteiger partial charge in [-0.2, -0.15) is 0 Å². The lowest BCUT2D eigenvalue weighted by Crippen LogP contribution is -2.47. The van der Waals surface area contributed by atoms with Gasteiger partial charge in [-0.25, -0.2) is 4.79 Å². The smallest absolute Gasteiger partial charge is 0.338 e. The second kappa shape index (κ2) is 16.2. The van der Waals surface area contributed by atoms with Gasteiger partial charge in [0.2, 0.25) is 6.41 Å².